The van der Waals surface area contributed by atoms with Gasteiger partial charge < -0.3 is 18.9 Å². The summed E-state index contributed by atoms with van der Waals surface area (Å²) in [4.78, 5) is 0. The second-order valence-corrected chi connectivity index (χ2v) is 23.0. The molecule has 0 N–H and O–H groups in total. The molecular weight excluding hydrogens is 1460 g/mol. The fourth-order valence-corrected chi connectivity index (χ4v) is 11.1. The van der Waals surface area contributed by atoms with Crippen LogP contribution in [0.15, 0.2) is 140 Å². The van der Waals surface area contributed by atoms with Crippen LogP contribution in [-0.4, -0.2) is 70.1 Å². The lowest BCUT2D eigenvalue weighted by Crippen LogP contribution is -2.26. The van der Waals surface area contributed by atoms with Gasteiger partial charge in [0, 0.05) is 36.4 Å². The molecule has 0 spiro atoms. The summed E-state index contributed by atoms with van der Waals surface area (Å²) in [6.45, 7) is 5.84. The third kappa shape index (κ3) is 17.5. The van der Waals surface area contributed by atoms with Gasteiger partial charge in [0.15, 0.2) is 24.9 Å². The van der Waals surface area contributed by atoms with Crippen LogP contribution in [0.3, 0.4) is 0 Å². The summed E-state index contributed by atoms with van der Waals surface area (Å²) >= 11 is 0. The van der Waals surface area contributed by atoms with E-state index in [9.17, 15) is 119 Å². The molecular formula is C69H47F27N4O4+4. The SMILES string of the molecule is Cc1cccc2c1OC[N+](c1cc(C(F)(F)F)c(C(F)(F)F)c(C(F)(F)F)c1)=C2.Cc1cccc2c1OC[N+](c1cc(C(F)(F)F)ccc1C(F)(F)F)=C2.Cc1cccc2c1OC[N+](c1ccc(C(F)(F)F)c(C(F)(F)F)c1)=C2.Cc1cccc2c1OC[N+](c1cccc(C(F)(F)F)c1C(F)(F)F)=C2. The van der Waals surface area contributed by atoms with Crippen LogP contribution in [0, 0.1) is 27.7 Å². The molecule has 104 heavy (non-hydrogen) atoms. The molecule has 0 atom stereocenters. The van der Waals surface area contributed by atoms with E-state index in [0.717, 1.165) is 48.6 Å². The van der Waals surface area contributed by atoms with Crippen LogP contribution in [0.25, 0.3) is 0 Å². The van der Waals surface area contributed by atoms with Crippen LogP contribution in [0.1, 0.15) is 94.6 Å². The molecule has 552 valence electrons. The van der Waals surface area contributed by atoms with Gasteiger partial charge in [-0.1, -0.05) is 54.6 Å². The second-order valence-electron chi connectivity index (χ2n) is 23.0. The number of para-hydroxylation sites is 4. The van der Waals surface area contributed by atoms with Crippen molar-refractivity contribution < 1.29 is 156 Å². The van der Waals surface area contributed by atoms with Crippen molar-refractivity contribution in [1.29, 1.82) is 0 Å². The molecule has 0 saturated heterocycles. The summed E-state index contributed by atoms with van der Waals surface area (Å²) in [5, 5.41) is 0. The third-order valence-electron chi connectivity index (χ3n) is 15.7. The topological polar surface area (TPSA) is 49.0 Å². The van der Waals surface area contributed by atoms with Crippen molar-refractivity contribution >= 4 is 47.6 Å². The van der Waals surface area contributed by atoms with Gasteiger partial charge in [-0.3, -0.25) is 0 Å². The molecule has 8 aromatic rings. The van der Waals surface area contributed by atoms with Gasteiger partial charge in [-0.05, 0) is 98.5 Å². The fourth-order valence-electron chi connectivity index (χ4n) is 11.1. The van der Waals surface area contributed by atoms with Crippen molar-refractivity contribution in [2.45, 2.75) is 83.3 Å². The maximum absolute atomic E-state index is 13.4. The number of hydrogen-bond donors (Lipinski definition) is 0. The minimum absolute atomic E-state index is 0.0347. The molecule has 0 aromatic heterocycles. The predicted octanol–water partition coefficient (Wildman–Crippen LogP) is 21.6. The van der Waals surface area contributed by atoms with Crippen molar-refractivity contribution in [2.75, 3.05) is 26.9 Å². The van der Waals surface area contributed by atoms with Crippen LogP contribution >= 0.6 is 0 Å². The van der Waals surface area contributed by atoms with Gasteiger partial charge >= 0.3 is 55.6 Å². The fraction of sp³-hybridized carbons (Fsp3) is 0.246. The number of fused-ring (bicyclic) bond motifs is 4. The Hall–Kier alpha value is -10.3. The monoisotopic (exact) mass is 1510 g/mol. The van der Waals surface area contributed by atoms with E-state index in [4.69, 9.17) is 18.9 Å². The molecule has 0 unspecified atom stereocenters. The lowest BCUT2D eigenvalue weighted by Gasteiger charge is -2.22. The minimum Gasteiger partial charge on any atom is -0.435 e. The van der Waals surface area contributed by atoms with E-state index in [1.54, 1.807) is 87.6 Å². The van der Waals surface area contributed by atoms with E-state index in [2.05, 4.69) is 0 Å². The Balaban J connectivity index is 0.000000161. The first-order chi connectivity index (χ1) is 47.9. The second kappa shape index (κ2) is 28.4. The molecule has 0 radical (unpaired) electrons. The van der Waals surface area contributed by atoms with Crippen LogP contribution in [0.5, 0.6) is 23.0 Å². The highest BCUT2D eigenvalue weighted by molar-refractivity contribution is 5.85. The third-order valence-corrected chi connectivity index (χ3v) is 15.7. The number of hydrogen-bond acceptors (Lipinski definition) is 4. The molecule has 35 heteroatoms. The summed E-state index contributed by atoms with van der Waals surface area (Å²) in [5.74, 6) is 1.98. The smallest absolute Gasteiger partial charge is 0.423 e. The van der Waals surface area contributed by atoms with Crippen molar-refractivity contribution in [3.63, 3.8) is 0 Å². The Bertz CT molecular complexity index is 4600. The normalized spacial score (nSPS) is 14.7. The summed E-state index contributed by atoms with van der Waals surface area (Å²) in [7, 11) is 0. The van der Waals surface area contributed by atoms with Gasteiger partial charge in [-0.2, -0.15) is 137 Å². The molecule has 0 saturated carbocycles. The van der Waals surface area contributed by atoms with Gasteiger partial charge in [-0.15, -0.1) is 0 Å². The highest BCUT2D eigenvalue weighted by Crippen LogP contribution is 2.51. The van der Waals surface area contributed by atoms with E-state index in [1.807, 2.05) is 13.0 Å². The lowest BCUT2D eigenvalue weighted by molar-refractivity contribution is -0.478. The summed E-state index contributed by atoms with van der Waals surface area (Å²) < 4.78 is 381. The molecule has 4 aliphatic rings. The van der Waals surface area contributed by atoms with Crippen LogP contribution in [0.4, 0.5) is 141 Å². The summed E-state index contributed by atoms with van der Waals surface area (Å²) in [6, 6.07) is 26.0. The van der Waals surface area contributed by atoms with Gasteiger partial charge in [0.2, 0.25) is 22.7 Å². The maximum atomic E-state index is 13.4. The Labute approximate surface area is 569 Å². The summed E-state index contributed by atoms with van der Waals surface area (Å²) in [5.41, 5.74) is -13.7. The number of halogens is 27. The quantitative estimate of drug-likeness (QED) is 0.130. The predicted molar refractivity (Wildman–Crippen MR) is 318 cm³/mol. The molecule has 0 fully saturated rings. The van der Waals surface area contributed by atoms with Gasteiger partial charge in [-0.25, -0.2) is 0 Å². The molecule has 12 rings (SSSR count). The molecule has 8 aromatic carbocycles. The highest BCUT2D eigenvalue weighted by Gasteiger charge is 2.53. The Morgan fingerprint density at radius 3 is 0.923 bits per heavy atom. The maximum Gasteiger partial charge on any atom is 0.423 e. The van der Waals surface area contributed by atoms with E-state index in [0.29, 0.717) is 87.2 Å². The van der Waals surface area contributed by atoms with Crippen molar-refractivity contribution in [1.82, 2.24) is 0 Å². The lowest BCUT2D eigenvalue weighted by atomic mass is 9.97. The van der Waals surface area contributed by atoms with E-state index < -0.39 is 129 Å². The Kier molecular flexibility index (Phi) is 21.3. The number of benzene rings is 8. The number of ether oxygens (including phenoxy) is 4. The molecule has 8 nitrogen and oxygen atoms in total. The molecule has 0 bridgehead atoms. The first-order valence-corrected chi connectivity index (χ1v) is 29.5. The number of rotatable bonds is 4. The Morgan fingerprint density at radius 2 is 0.567 bits per heavy atom. The standard InChI is InChI=1S/C18H11F9NO.3C17H12F6NO/c1-9-3-2-4-10-7-28(8-29-15(9)10)11-5-12(16(19,20)21)14(18(25,26)27)13(6-11)17(22,23)24;1-10-4-2-5-11-8-24(9-25-15(10)11)13-7-3-6-12(16(18,19)20)14(13)17(21,22)23;1-10-3-2-4-11-8-24(9-25-15(10)11)12-5-6-13(16(18,19)20)14(7-12)17(21,22)23;1-10-3-2-4-11-8-24(9-25-15(10)11)14-7-12(16(18,19)20)5-6-13(14)17(21,22)23/h2-7H,8H2,1H3;3*2-8H,9H2,1H3/q4*+1. The number of aryl methyl sites for hydroxylation is 4. The van der Waals surface area contributed by atoms with E-state index in [-0.39, 0.29) is 38.0 Å². The zero-order valence-corrected chi connectivity index (χ0v) is 53.0. The first-order valence-electron chi connectivity index (χ1n) is 29.5. The van der Waals surface area contributed by atoms with Crippen LogP contribution in [0.2, 0.25) is 0 Å². The van der Waals surface area contributed by atoms with Crippen molar-refractivity contribution in [3.05, 3.63) is 234 Å². The van der Waals surface area contributed by atoms with Gasteiger partial charge in [0.05, 0.1) is 61.2 Å². The average molecular weight is 1510 g/mol. The number of nitrogens with zero attached hydrogens (tertiary/aromatic N) is 4. The van der Waals surface area contributed by atoms with E-state index in [1.165, 1.54) is 29.3 Å². The minimum atomic E-state index is -5.86. The van der Waals surface area contributed by atoms with Crippen molar-refractivity contribution in [3.8, 4) is 23.0 Å². The van der Waals surface area contributed by atoms with Crippen molar-refractivity contribution in [2.24, 2.45) is 0 Å². The zero-order chi connectivity index (χ0) is 77.0. The highest BCUT2D eigenvalue weighted by atomic mass is 19.4. The van der Waals surface area contributed by atoms with Crippen LogP contribution < -0.4 is 18.9 Å². The van der Waals surface area contributed by atoms with E-state index >= 15 is 0 Å². The zero-order valence-electron chi connectivity index (χ0n) is 53.0. The van der Waals surface area contributed by atoms with Crippen LogP contribution in [-0.2, 0) is 55.6 Å². The average Bonchev–Trinajstić information content (AvgIpc) is 0.767. The number of alkyl halides is 27. The molecule has 0 amide bonds. The molecule has 0 aliphatic carbocycles. The van der Waals surface area contributed by atoms with Gasteiger partial charge in [0.25, 0.3) is 26.9 Å². The van der Waals surface area contributed by atoms with Gasteiger partial charge in [0.1, 0.15) is 34.1 Å². The molecule has 4 aliphatic heterocycles. The molecule has 4 heterocycles. The first kappa shape index (κ1) is 77.9. The largest absolute Gasteiger partial charge is 0.435 e. The Morgan fingerprint density at radius 1 is 0.250 bits per heavy atom. The summed E-state index contributed by atoms with van der Waals surface area (Å²) in [6.07, 6.45) is -41.7.